The minimum atomic E-state index is -0.818. The predicted molar refractivity (Wildman–Crippen MR) is 70.2 cm³/mol. The molecule has 1 heterocycles. The largest absolute Gasteiger partial charge is 0.387 e. The highest BCUT2D eigenvalue weighted by Gasteiger charge is 2.41. The molecular weight excluding hydrogens is 242 g/mol. The Morgan fingerprint density at radius 1 is 1.47 bits per heavy atom. The van der Waals surface area contributed by atoms with Crippen LogP contribution in [-0.4, -0.2) is 25.4 Å². The molecular formula is C15H19NO3. The molecule has 2 atom stereocenters. The van der Waals surface area contributed by atoms with Gasteiger partial charge in [-0.25, -0.2) is 0 Å². The Morgan fingerprint density at radius 2 is 2.21 bits per heavy atom. The van der Waals surface area contributed by atoms with Crippen molar-refractivity contribution in [2.45, 2.75) is 25.6 Å². The minimum Gasteiger partial charge on any atom is -0.387 e. The van der Waals surface area contributed by atoms with Crippen molar-refractivity contribution in [2.24, 2.45) is 5.41 Å². The summed E-state index contributed by atoms with van der Waals surface area (Å²) in [5, 5.41) is 19.9. The van der Waals surface area contributed by atoms with Crippen LogP contribution in [0.4, 0.5) is 0 Å². The number of nitrogens with zero attached hydrogens (tertiary/aromatic N) is 1. The van der Waals surface area contributed by atoms with Crippen LogP contribution in [-0.2, 0) is 16.1 Å². The number of ether oxygens (including phenoxy) is 2. The van der Waals surface area contributed by atoms with Crippen molar-refractivity contribution < 1.29 is 14.6 Å². The summed E-state index contributed by atoms with van der Waals surface area (Å²) in [6.45, 7) is 1.51. The fraction of sp³-hybridized carbons (Fsp3) is 0.533. The quantitative estimate of drug-likeness (QED) is 0.902. The standard InChI is InChI=1S/C15H19NO3/c1-18-9-12-3-5-13(6-4-12)14(17)15(10-16)7-2-8-19-11-15/h3-6,14,17H,2,7-9,11H2,1H3. The molecule has 0 amide bonds. The van der Waals surface area contributed by atoms with Crippen LogP contribution in [0.25, 0.3) is 0 Å². The maximum atomic E-state index is 10.5. The molecule has 4 heteroatoms. The van der Waals surface area contributed by atoms with E-state index in [4.69, 9.17) is 9.47 Å². The molecule has 0 bridgehead atoms. The lowest BCUT2D eigenvalue weighted by Gasteiger charge is -2.35. The molecule has 1 N–H and O–H groups in total. The number of hydrogen-bond acceptors (Lipinski definition) is 4. The Labute approximate surface area is 113 Å². The highest BCUT2D eigenvalue weighted by atomic mass is 16.5. The van der Waals surface area contributed by atoms with Crippen molar-refractivity contribution >= 4 is 0 Å². The lowest BCUT2D eigenvalue weighted by atomic mass is 9.76. The van der Waals surface area contributed by atoms with Crippen LogP contribution >= 0.6 is 0 Å². The average Bonchev–Trinajstić information content (AvgIpc) is 2.48. The van der Waals surface area contributed by atoms with Crippen LogP contribution in [0.3, 0.4) is 0 Å². The second-order valence-electron chi connectivity index (χ2n) is 5.00. The van der Waals surface area contributed by atoms with Gasteiger partial charge in [0, 0.05) is 13.7 Å². The molecule has 4 nitrogen and oxygen atoms in total. The molecule has 1 aromatic rings. The van der Waals surface area contributed by atoms with Gasteiger partial charge in [-0.2, -0.15) is 5.26 Å². The second kappa shape index (κ2) is 6.16. The zero-order valence-electron chi connectivity index (χ0n) is 11.1. The Balaban J connectivity index is 2.17. The minimum absolute atomic E-state index is 0.296. The van der Waals surface area contributed by atoms with E-state index in [-0.39, 0.29) is 0 Å². The van der Waals surface area contributed by atoms with E-state index in [1.807, 2.05) is 24.3 Å². The van der Waals surface area contributed by atoms with Gasteiger partial charge in [-0.05, 0) is 24.0 Å². The molecule has 102 valence electrons. The molecule has 19 heavy (non-hydrogen) atoms. The van der Waals surface area contributed by atoms with E-state index in [9.17, 15) is 10.4 Å². The third kappa shape index (κ3) is 2.95. The summed E-state index contributed by atoms with van der Waals surface area (Å²) in [4.78, 5) is 0. The van der Waals surface area contributed by atoms with Gasteiger partial charge in [0.1, 0.15) is 5.41 Å². The van der Waals surface area contributed by atoms with E-state index >= 15 is 0 Å². The molecule has 1 aliphatic rings. The Bertz CT molecular complexity index is 443. The highest BCUT2D eigenvalue weighted by molar-refractivity contribution is 5.27. The van der Waals surface area contributed by atoms with E-state index < -0.39 is 11.5 Å². The van der Waals surface area contributed by atoms with Gasteiger partial charge in [0.2, 0.25) is 0 Å². The molecule has 1 aliphatic heterocycles. The summed E-state index contributed by atoms with van der Waals surface area (Å²) >= 11 is 0. The van der Waals surface area contributed by atoms with Gasteiger partial charge >= 0.3 is 0 Å². The molecule has 0 aliphatic carbocycles. The fourth-order valence-electron chi connectivity index (χ4n) is 2.46. The summed E-state index contributed by atoms with van der Waals surface area (Å²) in [7, 11) is 1.65. The average molecular weight is 261 g/mol. The van der Waals surface area contributed by atoms with Crippen LogP contribution in [0.1, 0.15) is 30.1 Å². The van der Waals surface area contributed by atoms with Crippen LogP contribution in [0, 0.1) is 16.7 Å². The van der Waals surface area contributed by atoms with Crippen molar-refractivity contribution in [3.05, 3.63) is 35.4 Å². The zero-order valence-corrected chi connectivity index (χ0v) is 11.1. The molecule has 1 saturated heterocycles. The summed E-state index contributed by atoms with van der Waals surface area (Å²) in [6, 6.07) is 9.79. The van der Waals surface area contributed by atoms with Gasteiger partial charge in [0.05, 0.1) is 25.4 Å². The zero-order chi connectivity index (χ0) is 13.7. The lowest BCUT2D eigenvalue weighted by molar-refractivity contribution is -0.0505. The van der Waals surface area contributed by atoms with E-state index in [1.54, 1.807) is 7.11 Å². The fourth-order valence-corrected chi connectivity index (χ4v) is 2.46. The van der Waals surface area contributed by atoms with E-state index in [1.165, 1.54) is 0 Å². The van der Waals surface area contributed by atoms with Crippen molar-refractivity contribution in [1.82, 2.24) is 0 Å². The van der Waals surface area contributed by atoms with Gasteiger partial charge in [0.25, 0.3) is 0 Å². The monoisotopic (exact) mass is 261 g/mol. The third-order valence-corrected chi connectivity index (χ3v) is 3.62. The molecule has 1 fully saturated rings. The van der Waals surface area contributed by atoms with Gasteiger partial charge in [0.15, 0.2) is 0 Å². The number of benzene rings is 1. The molecule has 0 aromatic heterocycles. The number of rotatable bonds is 4. The smallest absolute Gasteiger partial charge is 0.111 e. The van der Waals surface area contributed by atoms with E-state index in [0.29, 0.717) is 26.2 Å². The summed E-state index contributed by atoms with van der Waals surface area (Å²) in [5.41, 5.74) is 0.984. The Hall–Kier alpha value is -1.41. The number of aliphatic hydroxyl groups excluding tert-OH is 1. The van der Waals surface area contributed by atoms with Crippen LogP contribution < -0.4 is 0 Å². The lowest BCUT2D eigenvalue weighted by Crippen LogP contribution is -2.36. The summed E-state index contributed by atoms with van der Waals surface area (Å²) in [5.74, 6) is 0. The molecule has 0 saturated carbocycles. The van der Waals surface area contributed by atoms with E-state index in [2.05, 4.69) is 6.07 Å². The van der Waals surface area contributed by atoms with Gasteiger partial charge in [-0.3, -0.25) is 0 Å². The number of methoxy groups -OCH3 is 1. The van der Waals surface area contributed by atoms with Crippen LogP contribution in [0.5, 0.6) is 0 Å². The van der Waals surface area contributed by atoms with Gasteiger partial charge < -0.3 is 14.6 Å². The first kappa shape index (κ1) is 14.0. The maximum absolute atomic E-state index is 10.5. The molecule has 1 aromatic carbocycles. The first-order valence-corrected chi connectivity index (χ1v) is 6.47. The Morgan fingerprint density at radius 3 is 2.74 bits per heavy atom. The second-order valence-corrected chi connectivity index (χ2v) is 5.00. The van der Waals surface area contributed by atoms with Crippen molar-refractivity contribution in [1.29, 1.82) is 5.26 Å². The highest BCUT2D eigenvalue weighted by Crippen LogP contribution is 2.40. The normalized spacial score (nSPS) is 24.7. The molecule has 0 radical (unpaired) electrons. The number of nitriles is 1. The topological polar surface area (TPSA) is 62.5 Å². The summed E-state index contributed by atoms with van der Waals surface area (Å²) < 4.78 is 10.4. The van der Waals surface area contributed by atoms with Crippen molar-refractivity contribution in [3.63, 3.8) is 0 Å². The molecule has 2 rings (SSSR count). The van der Waals surface area contributed by atoms with Gasteiger partial charge in [-0.1, -0.05) is 24.3 Å². The predicted octanol–water partition coefficient (Wildman–Crippen LogP) is 2.19. The Kier molecular flexibility index (Phi) is 4.54. The van der Waals surface area contributed by atoms with Crippen molar-refractivity contribution in [2.75, 3.05) is 20.3 Å². The number of hydrogen-bond donors (Lipinski definition) is 1. The SMILES string of the molecule is COCc1ccc(C(O)C2(C#N)CCCOC2)cc1. The van der Waals surface area contributed by atoms with Crippen molar-refractivity contribution in [3.8, 4) is 6.07 Å². The summed E-state index contributed by atoms with van der Waals surface area (Å²) in [6.07, 6.45) is 0.672. The van der Waals surface area contributed by atoms with Crippen LogP contribution in [0.2, 0.25) is 0 Å². The first-order chi connectivity index (χ1) is 9.22. The maximum Gasteiger partial charge on any atom is 0.111 e. The molecule has 0 spiro atoms. The van der Waals surface area contributed by atoms with Gasteiger partial charge in [-0.15, -0.1) is 0 Å². The van der Waals surface area contributed by atoms with Crippen LogP contribution in [0.15, 0.2) is 24.3 Å². The van der Waals surface area contributed by atoms with E-state index in [0.717, 1.165) is 17.5 Å². The molecule has 2 unspecified atom stereocenters. The first-order valence-electron chi connectivity index (χ1n) is 6.47. The number of aliphatic hydroxyl groups is 1. The third-order valence-electron chi connectivity index (χ3n) is 3.62.